The van der Waals surface area contributed by atoms with Crippen LogP contribution in [-0.2, 0) is 11.2 Å². The molecule has 8 nitrogen and oxygen atoms in total. The number of carbonyl (C=O) groups excluding carboxylic acids is 1. The van der Waals surface area contributed by atoms with Crippen LogP contribution in [0.2, 0.25) is 0 Å². The number of rotatable bonds is 6. The van der Waals surface area contributed by atoms with Crippen LogP contribution in [0.15, 0.2) is 47.1 Å². The van der Waals surface area contributed by atoms with Crippen molar-refractivity contribution in [1.29, 1.82) is 0 Å². The van der Waals surface area contributed by atoms with E-state index < -0.39 is 0 Å². The van der Waals surface area contributed by atoms with Gasteiger partial charge in [0.05, 0.1) is 12.5 Å². The minimum atomic E-state index is -0.312. The molecule has 0 spiro atoms. The van der Waals surface area contributed by atoms with E-state index in [0.717, 1.165) is 11.1 Å². The van der Waals surface area contributed by atoms with Crippen molar-refractivity contribution in [2.45, 2.75) is 39.2 Å². The van der Waals surface area contributed by atoms with Crippen LogP contribution >= 0.6 is 0 Å². The summed E-state index contributed by atoms with van der Waals surface area (Å²) >= 11 is 0. The smallest absolute Gasteiger partial charge is 0.258 e. The van der Waals surface area contributed by atoms with Crippen molar-refractivity contribution in [2.75, 3.05) is 0 Å². The van der Waals surface area contributed by atoms with Crippen molar-refractivity contribution in [3.05, 3.63) is 65.6 Å². The zero-order chi connectivity index (χ0) is 21.3. The van der Waals surface area contributed by atoms with E-state index in [1.54, 1.807) is 28.8 Å². The minimum Gasteiger partial charge on any atom is -0.349 e. The van der Waals surface area contributed by atoms with Crippen LogP contribution < -0.4 is 5.32 Å². The predicted molar refractivity (Wildman–Crippen MR) is 107 cm³/mol. The predicted octanol–water partition coefficient (Wildman–Crippen LogP) is 3.46. The third-order valence-corrected chi connectivity index (χ3v) is 4.75. The molecule has 0 bridgehead atoms. The number of fused-ring (bicyclic) bond motifs is 1. The topological polar surface area (TPSA) is 98.2 Å². The summed E-state index contributed by atoms with van der Waals surface area (Å²) in [6, 6.07) is 9.39. The molecule has 0 fully saturated rings. The second-order valence-electron chi connectivity index (χ2n) is 7.39. The second-order valence-corrected chi connectivity index (χ2v) is 7.39. The number of hydrogen-bond acceptors (Lipinski definition) is 6. The Labute approximate surface area is 172 Å². The van der Waals surface area contributed by atoms with Crippen LogP contribution in [0.5, 0.6) is 0 Å². The lowest BCUT2D eigenvalue weighted by Crippen LogP contribution is -2.28. The van der Waals surface area contributed by atoms with E-state index in [0.29, 0.717) is 23.2 Å². The highest BCUT2D eigenvalue weighted by molar-refractivity contribution is 5.78. The van der Waals surface area contributed by atoms with E-state index in [1.807, 2.05) is 26.8 Å². The van der Waals surface area contributed by atoms with Gasteiger partial charge < -0.3 is 9.84 Å². The Morgan fingerprint density at radius 1 is 1.17 bits per heavy atom. The Kier molecular flexibility index (Phi) is 5.26. The lowest BCUT2D eigenvalue weighted by molar-refractivity contribution is -0.121. The summed E-state index contributed by atoms with van der Waals surface area (Å²) in [4.78, 5) is 16.8. The van der Waals surface area contributed by atoms with Gasteiger partial charge in [-0.3, -0.25) is 9.20 Å². The molecule has 0 radical (unpaired) electrons. The highest BCUT2D eigenvalue weighted by Crippen LogP contribution is 2.21. The second kappa shape index (κ2) is 8.02. The summed E-state index contributed by atoms with van der Waals surface area (Å²) in [7, 11) is 0. The highest BCUT2D eigenvalue weighted by atomic mass is 19.1. The maximum Gasteiger partial charge on any atom is 0.258 e. The van der Waals surface area contributed by atoms with Crippen molar-refractivity contribution < 1.29 is 13.7 Å². The zero-order valence-electron chi connectivity index (χ0n) is 16.8. The number of nitrogens with zero attached hydrogens (tertiary/aromatic N) is 5. The van der Waals surface area contributed by atoms with Crippen LogP contribution in [0, 0.1) is 5.82 Å². The maximum absolute atomic E-state index is 13.1. The van der Waals surface area contributed by atoms with Gasteiger partial charge >= 0.3 is 0 Å². The number of carbonyl (C=O) groups is 1. The van der Waals surface area contributed by atoms with Gasteiger partial charge in [-0.15, -0.1) is 10.2 Å². The number of benzene rings is 1. The van der Waals surface area contributed by atoms with Crippen molar-refractivity contribution in [2.24, 2.45) is 0 Å². The van der Waals surface area contributed by atoms with Gasteiger partial charge in [0.1, 0.15) is 11.6 Å². The molecule has 0 saturated carbocycles. The molecule has 3 heterocycles. The molecule has 1 amide bonds. The summed E-state index contributed by atoms with van der Waals surface area (Å²) in [6.07, 6.45) is 1.83. The van der Waals surface area contributed by atoms with E-state index in [-0.39, 0.29) is 30.1 Å². The highest BCUT2D eigenvalue weighted by Gasteiger charge is 2.16. The van der Waals surface area contributed by atoms with Crippen LogP contribution in [0.25, 0.3) is 17.1 Å². The molecular weight excluding hydrogens is 387 g/mol. The summed E-state index contributed by atoms with van der Waals surface area (Å²) < 4.78 is 20.1. The fourth-order valence-corrected chi connectivity index (χ4v) is 3.05. The fourth-order valence-electron chi connectivity index (χ4n) is 3.05. The number of pyridine rings is 1. The van der Waals surface area contributed by atoms with E-state index in [1.165, 1.54) is 12.1 Å². The first-order valence-corrected chi connectivity index (χ1v) is 9.63. The molecule has 4 rings (SSSR count). The van der Waals surface area contributed by atoms with Gasteiger partial charge in [0, 0.05) is 17.7 Å². The first-order valence-electron chi connectivity index (χ1n) is 9.63. The lowest BCUT2D eigenvalue weighted by Gasteiger charge is -2.14. The van der Waals surface area contributed by atoms with Crippen molar-refractivity contribution in [3.63, 3.8) is 0 Å². The van der Waals surface area contributed by atoms with E-state index in [4.69, 9.17) is 4.52 Å². The third kappa shape index (κ3) is 4.05. The van der Waals surface area contributed by atoms with Gasteiger partial charge in [0.2, 0.25) is 5.91 Å². The first kappa shape index (κ1) is 19.7. The molecule has 154 valence electrons. The average Bonchev–Trinajstić information content (AvgIpc) is 3.36. The standard InChI is InChI=1S/C21H21FN6O2/c1-12(2)20-24-21(30-27-20)15-8-9-28-17(10-15)25-26-18(28)11-19(29)23-13(3)14-4-6-16(22)7-5-14/h4-10,12-13H,11H2,1-3H3,(H,23,29)/t13-/m0/s1. The van der Waals surface area contributed by atoms with Crippen molar-refractivity contribution in [3.8, 4) is 11.5 Å². The average molecular weight is 408 g/mol. The van der Waals surface area contributed by atoms with Crippen LogP contribution in [0.4, 0.5) is 4.39 Å². The molecule has 1 atom stereocenters. The molecule has 9 heteroatoms. The Morgan fingerprint density at radius 2 is 1.93 bits per heavy atom. The number of aromatic nitrogens is 5. The molecule has 3 aromatic heterocycles. The van der Waals surface area contributed by atoms with E-state index in [2.05, 4.69) is 25.7 Å². The number of hydrogen-bond donors (Lipinski definition) is 1. The Morgan fingerprint density at radius 3 is 2.63 bits per heavy atom. The number of halogens is 1. The summed E-state index contributed by atoms with van der Waals surface area (Å²) in [5.41, 5.74) is 2.13. The summed E-state index contributed by atoms with van der Waals surface area (Å²) in [6.45, 7) is 5.82. The normalized spacial score (nSPS) is 12.4. The molecular formula is C21H21FN6O2. The minimum absolute atomic E-state index is 0.0596. The molecule has 1 N–H and O–H groups in total. The van der Waals surface area contributed by atoms with Gasteiger partial charge in [0.15, 0.2) is 11.5 Å². The zero-order valence-corrected chi connectivity index (χ0v) is 16.8. The Bertz CT molecular complexity index is 1180. The Hall–Kier alpha value is -3.62. The maximum atomic E-state index is 13.1. The third-order valence-electron chi connectivity index (χ3n) is 4.75. The summed E-state index contributed by atoms with van der Waals surface area (Å²) in [5.74, 6) is 1.21. The largest absolute Gasteiger partial charge is 0.349 e. The number of amides is 1. The molecule has 4 aromatic rings. The lowest BCUT2D eigenvalue weighted by atomic mass is 10.1. The van der Waals surface area contributed by atoms with Crippen LogP contribution in [0.1, 0.15) is 49.9 Å². The molecule has 0 aliphatic rings. The molecule has 1 aromatic carbocycles. The molecule has 0 saturated heterocycles. The van der Waals surface area contributed by atoms with Gasteiger partial charge in [-0.05, 0) is 36.8 Å². The van der Waals surface area contributed by atoms with Crippen LogP contribution in [-0.4, -0.2) is 30.6 Å². The Balaban J connectivity index is 1.48. The van der Waals surface area contributed by atoms with Crippen LogP contribution in [0.3, 0.4) is 0 Å². The molecule has 0 unspecified atom stereocenters. The molecule has 0 aliphatic heterocycles. The van der Waals surface area contributed by atoms with Gasteiger partial charge in [-0.25, -0.2) is 4.39 Å². The molecule has 0 aliphatic carbocycles. The van der Waals surface area contributed by atoms with Gasteiger partial charge in [0.25, 0.3) is 5.89 Å². The van der Waals surface area contributed by atoms with Crippen molar-refractivity contribution in [1.82, 2.24) is 30.1 Å². The van der Waals surface area contributed by atoms with Gasteiger partial charge in [-0.2, -0.15) is 4.98 Å². The fraction of sp³-hybridized carbons (Fsp3) is 0.286. The van der Waals surface area contributed by atoms with E-state index in [9.17, 15) is 9.18 Å². The van der Waals surface area contributed by atoms with Crippen molar-refractivity contribution >= 4 is 11.6 Å². The first-order chi connectivity index (χ1) is 14.4. The quantitative estimate of drug-likeness (QED) is 0.525. The monoisotopic (exact) mass is 408 g/mol. The number of nitrogens with one attached hydrogen (secondary N) is 1. The molecule has 30 heavy (non-hydrogen) atoms. The van der Waals surface area contributed by atoms with Gasteiger partial charge in [-0.1, -0.05) is 31.1 Å². The summed E-state index contributed by atoms with van der Waals surface area (Å²) in [5, 5.41) is 15.1. The SMILES string of the molecule is CC(C)c1noc(-c2ccn3c(CC(=O)N[C@@H](C)c4ccc(F)cc4)nnc3c2)n1. The van der Waals surface area contributed by atoms with E-state index >= 15 is 0 Å².